The molecule has 2 unspecified atom stereocenters. The average Bonchev–Trinajstić information content (AvgIpc) is 2.35. The smallest absolute Gasteiger partial charge is 0.309 e. The summed E-state index contributed by atoms with van der Waals surface area (Å²) in [5, 5.41) is 0. The first-order valence-corrected chi connectivity index (χ1v) is 3.21. The third-order valence-electron chi connectivity index (χ3n) is 2.01. The van der Waals surface area contributed by atoms with E-state index in [0.717, 1.165) is 6.42 Å². The van der Waals surface area contributed by atoms with Crippen molar-refractivity contribution in [1.82, 2.24) is 0 Å². The van der Waals surface area contributed by atoms with Crippen molar-refractivity contribution in [2.45, 2.75) is 6.42 Å². The highest BCUT2D eigenvalue weighted by atomic mass is 16.5. The van der Waals surface area contributed by atoms with Crippen LogP contribution in [-0.2, 0) is 9.53 Å². The summed E-state index contributed by atoms with van der Waals surface area (Å²) in [7, 11) is 0. The van der Waals surface area contributed by atoms with E-state index in [2.05, 4.69) is 12.2 Å². The van der Waals surface area contributed by atoms with Crippen molar-refractivity contribution in [3.05, 3.63) is 12.2 Å². The van der Waals surface area contributed by atoms with Crippen LogP contribution < -0.4 is 0 Å². The van der Waals surface area contributed by atoms with Crippen molar-refractivity contribution in [2.24, 2.45) is 11.8 Å². The normalized spacial score (nSPS) is 38.9. The van der Waals surface area contributed by atoms with E-state index in [0.29, 0.717) is 12.5 Å². The predicted molar refractivity (Wildman–Crippen MR) is 31.7 cm³/mol. The molecule has 0 saturated carbocycles. The quantitative estimate of drug-likeness (QED) is 0.351. The highest BCUT2D eigenvalue weighted by molar-refractivity contribution is 5.76. The molecule has 2 atom stereocenters. The van der Waals surface area contributed by atoms with E-state index in [1.165, 1.54) is 0 Å². The molecule has 1 heterocycles. The van der Waals surface area contributed by atoms with Gasteiger partial charge in [-0.1, -0.05) is 12.2 Å². The second kappa shape index (κ2) is 1.59. The minimum absolute atomic E-state index is 0.00926. The zero-order valence-corrected chi connectivity index (χ0v) is 5.04. The summed E-state index contributed by atoms with van der Waals surface area (Å²) in [6.45, 7) is 0.611. The topological polar surface area (TPSA) is 26.3 Å². The minimum Gasteiger partial charge on any atom is -0.465 e. The molecule has 2 heteroatoms. The molecule has 2 rings (SSSR count). The Balaban J connectivity index is 2.22. The van der Waals surface area contributed by atoms with Gasteiger partial charge in [0, 0.05) is 5.92 Å². The van der Waals surface area contributed by atoms with Crippen LogP contribution in [-0.4, -0.2) is 12.6 Å². The standard InChI is InChI=1S/C7H8O2/c8-7-6-3-1-2-5(6)4-9-7/h1-2,5-6H,3-4H2. The van der Waals surface area contributed by atoms with E-state index >= 15 is 0 Å². The van der Waals surface area contributed by atoms with Crippen LogP contribution in [0.3, 0.4) is 0 Å². The third kappa shape index (κ3) is 0.590. The maximum Gasteiger partial charge on any atom is 0.309 e. The summed E-state index contributed by atoms with van der Waals surface area (Å²) in [5.41, 5.74) is 0. The lowest BCUT2D eigenvalue weighted by Gasteiger charge is -1.98. The molecule has 0 N–H and O–H groups in total. The van der Waals surface area contributed by atoms with Gasteiger partial charge in [-0.15, -0.1) is 0 Å². The average molecular weight is 124 g/mol. The van der Waals surface area contributed by atoms with Crippen LogP contribution in [0.15, 0.2) is 12.2 Å². The van der Waals surface area contributed by atoms with Crippen molar-refractivity contribution >= 4 is 5.97 Å². The first kappa shape index (κ1) is 5.03. The molecule has 0 bridgehead atoms. The predicted octanol–water partition coefficient (Wildman–Crippen LogP) is 0.736. The van der Waals surface area contributed by atoms with Crippen LogP contribution >= 0.6 is 0 Å². The fourth-order valence-corrected chi connectivity index (χ4v) is 1.44. The second-order valence-electron chi connectivity index (χ2n) is 2.56. The number of carbonyl (C=O) groups is 1. The fourth-order valence-electron chi connectivity index (χ4n) is 1.44. The van der Waals surface area contributed by atoms with Crippen molar-refractivity contribution in [1.29, 1.82) is 0 Å². The number of allylic oxidation sites excluding steroid dienone is 1. The Morgan fingerprint density at radius 2 is 2.56 bits per heavy atom. The first-order valence-electron chi connectivity index (χ1n) is 3.21. The third-order valence-corrected chi connectivity index (χ3v) is 2.01. The Bertz CT molecular complexity index is 172. The van der Waals surface area contributed by atoms with Gasteiger partial charge in [-0.3, -0.25) is 4.79 Å². The number of ether oxygens (including phenoxy) is 1. The van der Waals surface area contributed by atoms with Gasteiger partial charge < -0.3 is 4.74 Å². The maximum atomic E-state index is 10.8. The van der Waals surface area contributed by atoms with Gasteiger partial charge in [0.15, 0.2) is 0 Å². The van der Waals surface area contributed by atoms with E-state index in [4.69, 9.17) is 4.74 Å². The summed E-state index contributed by atoms with van der Waals surface area (Å²) < 4.78 is 4.83. The van der Waals surface area contributed by atoms with Gasteiger partial charge in [0.25, 0.3) is 0 Å². The Hall–Kier alpha value is -0.790. The van der Waals surface area contributed by atoms with Crippen LogP contribution in [0.2, 0.25) is 0 Å². The Labute approximate surface area is 53.5 Å². The van der Waals surface area contributed by atoms with Crippen LogP contribution in [0.5, 0.6) is 0 Å². The molecule has 1 saturated heterocycles. The summed E-state index contributed by atoms with van der Waals surface area (Å²) >= 11 is 0. The molecule has 1 aliphatic heterocycles. The monoisotopic (exact) mass is 124 g/mol. The van der Waals surface area contributed by atoms with Crippen LogP contribution in [0.4, 0.5) is 0 Å². The first-order chi connectivity index (χ1) is 4.38. The molecular weight excluding hydrogens is 116 g/mol. The second-order valence-corrected chi connectivity index (χ2v) is 2.56. The lowest BCUT2D eigenvalue weighted by Crippen LogP contribution is -2.08. The summed E-state index contributed by atoms with van der Waals surface area (Å²) in [6, 6.07) is 0. The molecule has 48 valence electrons. The Kier molecular flexibility index (Phi) is 0.891. The molecule has 1 fully saturated rings. The van der Waals surface area contributed by atoms with Crippen molar-refractivity contribution in [3.8, 4) is 0 Å². The van der Waals surface area contributed by atoms with Gasteiger partial charge in [-0.25, -0.2) is 0 Å². The van der Waals surface area contributed by atoms with Crippen LogP contribution in [0.25, 0.3) is 0 Å². The van der Waals surface area contributed by atoms with Crippen molar-refractivity contribution < 1.29 is 9.53 Å². The van der Waals surface area contributed by atoms with E-state index in [9.17, 15) is 4.79 Å². The van der Waals surface area contributed by atoms with E-state index < -0.39 is 0 Å². The molecule has 0 radical (unpaired) electrons. The molecule has 2 aliphatic rings. The summed E-state index contributed by atoms with van der Waals surface area (Å²) in [6.07, 6.45) is 5.04. The largest absolute Gasteiger partial charge is 0.465 e. The molecule has 0 spiro atoms. The van der Waals surface area contributed by atoms with Gasteiger partial charge in [0.1, 0.15) is 0 Å². The van der Waals surface area contributed by atoms with E-state index in [-0.39, 0.29) is 11.9 Å². The number of esters is 1. The molecule has 2 nitrogen and oxygen atoms in total. The van der Waals surface area contributed by atoms with Gasteiger partial charge in [0.05, 0.1) is 12.5 Å². The van der Waals surface area contributed by atoms with Crippen LogP contribution in [0, 0.1) is 11.8 Å². The summed E-state index contributed by atoms with van der Waals surface area (Å²) in [5.74, 6) is 0.562. The van der Waals surface area contributed by atoms with Gasteiger partial charge in [-0.2, -0.15) is 0 Å². The van der Waals surface area contributed by atoms with Gasteiger partial charge in [0.2, 0.25) is 0 Å². The molecule has 0 aromatic heterocycles. The van der Waals surface area contributed by atoms with E-state index in [1.54, 1.807) is 0 Å². The number of hydrogen-bond acceptors (Lipinski definition) is 2. The lowest BCUT2D eigenvalue weighted by atomic mass is 10.00. The number of hydrogen-bond donors (Lipinski definition) is 0. The number of cyclic esters (lactones) is 1. The SMILES string of the molecule is O=C1OCC2C=CCC12. The molecule has 0 aromatic carbocycles. The molecular formula is C7H8O2. The molecule has 1 aliphatic carbocycles. The van der Waals surface area contributed by atoms with Gasteiger partial charge >= 0.3 is 5.97 Å². The summed E-state index contributed by atoms with van der Waals surface area (Å²) in [4.78, 5) is 10.8. The minimum atomic E-state index is -0.00926. The molecule has 0 aromatic rings. The molecule has 0 amide bonds. The lowest BCUT2D eigenvalue weighted by molar-refractivity contribution is -0.141. The zero-order valence-electron chi connectivity index (χ0n) is 5.04. The fraction of sp³-hybridized carbons (Fsp3) is 0.571. The maximum absolute atomic E-state index is 10.8. The number of rotatable bonds is 0. The van der Waals surface area contributed by atoms with E-state index in [1.807, 2.05) is 0 Å². The highest BCUT2D eigenvalue weighted by Gasteiger charge is 2.36. The Morgan fingerprint density at radius 1 is 1.67 bits per heavy atom. The number of carbonyl (C=O) groups excluding carboxylic acids is 1. The molecule has 9 heavy (non-hydrogen) atoms. The van der Waals surface area contributed by atoms with Crippen molar-refractivity contribution in [2.75, 3.05) is 6.61 Å². The highest BCUT2D eigenvalue weighted by Crippen LogP contribution is 2.31. The van der Waals surface area contributed by atoms with Crippen LogP contribution in [0.1, 0.15) is 6.42 Å². The number of fused-ring (bicyclic) bond motifs is 1. The van der Waals surface area contributed by atoms with Gasteiger partial charge in [-0.05, 0) is 6.42 Å². The zero-order chi connectivity index (χ0) is 6.27. The Morgan fingerprint density at radius 3 is 3.33 bits per heavy atom. The van der Waals surface area contributed by atoms with Crippen molar-refractivity contribution in [3.63, 3.8) is 0 Å².